The van der Waals surface area contributed by atoms with E-state index in [1.54, 1.807) is 0 Å². The van der Waals surface area contributed by atoms with Crippen LogP contribution in [-0.2, 0) is 9.53 Å². The van der Waals surface area contributed by atoms with E-state index < -0.39 is 18.2 Å². The van der Waals surface area contributed by atoms with Crippen molar-refractivity contribution in [3.8, 4) is 0 Å². The van der Waals surface area contributed by atoms with Crippen molar-refractivity contribution in [2.75, 3.05) is 45.9 Å². The Kier molecular flexibility index (Phi) is 4.28. The molecule has 2 fully saturated rings. The quantitative estimate of drug-likeness (QED) is 0.652. The van der Waals surface area contributed by atoms with Crippen molar-refractivity contribution in [1.82, 2.24) is 14.7 Å². The van der Waals surface area contributed by atoms with Gasteiger partial charge in [-0.15, -0.1) is 0 Å². The van der Waals surface area contributed by atoms with Gasteiger partial charge in [-0.1, -0.05) is 0 Å². The first kappa shape index (κ1) is 14.4. The maximum Gasteiger partial charge on any atom is 0.408 e. The van der Waals surface area contributed by atoms with Crippen molar-refractivity contribution in [3.63, 3.8) is 0 Å². The highest BCUT2D eigenvalue weighted by Gasteiger charge is 2.39. The van der Waals surface area contributed by atoms with E-state index in [0.29, 0.717) is 26.3 Å². The lowest BCUT2D eigenvalue weighted by atomic mass is 10.1. The Balaban J connectivity index is 2.11. The van der Waals surface area contributed by atoms with Crippen LogP contribution in [0.5, 0.6) is 0 Å². The fourth-order valence-corrected chi connectivity index (χ4v) is 2.39. The molecule has 0 spiro atoms. The molecule has 20 heavy (non-hydrogen) atoms. The maximum absolute atomic E-state index is 12.4. The van der Waals surface area contributed by atoms with Gasteiger partial charge in [0, 0.05) is 26.2 Å². The zero-order valence-electron chi connectivity index (χ0n) is 10.9. The van der Waals surface area contributed by atoms with Crippen molar-refractivity contribution in [3.05, 3.63) is 0 Å². The van der Waals surface area contributed by atoms with E-state index >= 15 is 0 Å². The second-order valence-electron chi connectivity index (χ2n) is 4.66. The number of rotatable bonds is 1. The molecule has 2 aliphatic heterocycles. The van der Waals surface area contributed by atoms with Gasteiger partial charge < -0.3 is 24.7 Å². The summed E-state index contributed by atoms with van der Waals surface area (Å²) < 4.78 is 5.14. The molecule has 0 bridgehead atoms. The van der Waals surface area contributed by atoms with E-state index in [4.69, 9.17) is 14.9 Å². The van der Waals surface area contributed by atoms with Crippen molar-refractivity contribution >= 4 is 18.1 Å². The number of nitrogens with zero attached hydrogens (tertiary/aromatic N) is 3. The molecule has 2 aliphatic rings. The highest BCUT2D eigenvalue weighted by Crippen LogP contribution is 2.14. The molecule has 0 saturated carbocycles. The lowest BCUT2D eigenvalue weighted by Crippen LogP contribution is -2.62. The number of hydrogen-bond donors (Lipinski definition) is 2. The summed E-state index contributed by atoms with van der Waals surface area (Å²) in [4.78, 5) is 38.2. The van der Waals surface area contributed by atoms with E-state index in [0.717, 1.165) is 9.80 Å². The van der Waals surface area contributed by atoms with E-state index in [9.17, 15) is 14.4 Å². The van der Waals surface area contributed by atoms with Crippen LogP contribution in [0.15, 0.2) is 0 Å². The van der Waals surface area contributed by atoms with Gasteiger partial charge in [0.2, 0.25) is 5.91 Å². The fourth-order valence-electron chi connectivity index (χ4n) is 2.39. The number of hydrogen-bond acceptors (Lipinski definition) is 4. The first-order valence-corrected chi connectivity index (χ1v) is 6.34. The zero-order chi connectivity index (χ0) is 14.7. The minimum Gasteiger partial charge on any atom is -0.465 e. The molecular weight excluding hydrogens is 270 g/mol. The minimum atomic E-state index is -1.21. The topological polar surface area (TPSA) is 111 Å². The highest BCUT2D eigenvalue weighted by atomic mass is 16.5. The molecule has 112 valence electrons. The zero-order valence-corrected chi connectivity index (χ0v) is 10.9. The summed E-state index contributed by atoms with van der Waals surface area (Å²) in [5, 5.41) is 18.1. The van der Waals surface area contributed by atoms with Gasteiger partial charge in [-0.05, 0) is 0 Å². The van der Waals surface area contributed by atoms with Gasteiger partial charge in [-0.3, -0.25) is 9.69 Å². The molecule has 1 unspecified atom stereocenters. The molecule has 0 aromatic heterocycles. The predicted molar refractivity (Wildman–Crippen MR) is 65.5 cm³/mol. The number of ether oxygens (including phenoxy) is 1. The van der Waals surface area contributed by atoms with Crippen molar-refractivity contribution in [2.45, 2.75) is 6.04 Å². The second kappa shape index (κ2) is 5.95. The van der Waals surface area contributed by atoms with Crippen LogP contribution in [0, 0.1) is 0 Å². The number of carboxylic acid groups (broad SMARTS) is 2. The van der Waals surface area contributed by atoms with E-state index in [-0.39, 0.29) is 25.5 Å². The van der Waals surface area contributed by atoms with Crippen molar-refractivity contribution < 1.29 is 29.3 Å². The lowest BCUT2D eigenvalue weighted by Gasteiger charge is -2.40. The van der Waals surface area contributed by atoms with Crippen LogP contribution in [0.4, 0.5) is 9.59 Å². The highest BCUT2D eigenvalue weighted by molar-refractivity contribution is 5.86. The van der Waals surface area contributed by atoms with Crippen LogP contribution in [-0.4, -0.2) is 95.0 Å². The van der Waals surface area contributed by atoms with Gasteiger partial charge in [-0.2, -0.15) is 0 Å². The number of piperazine rings is 1. The van der Waals surface area contributed by atoms with Crippen LogP contribution in [0.25, 0.3) is 0 Å². The first-order chi connectivity index (χ1) is 9.50. The summed E-state index contributed by atoms with van der Waals surface area (Å²) in [5.41, 5.74) is 0. The maximum atomic E-state index is 12.4. The predicted octanol–water partition coefficient (Wildman–Crippen LogP) is -0.813. The summed E-state index contributed by atoms with van der Waals surface area (Å²) in [6, 6.07) is -0.976. The van der Waals surface area contributed by atoms with Crippen molar-refractivity contribution in [2.24, 2.45) is 0 Å². The van der Waals surface area contributed by atoms with Gasteiger partial charge in [0.25, 0.3) is 0 Å². The number of morpholine rings is 1. The average Bonchev–Trinajstić information content (AvgIpc) is 2.46. The third-order valence-electron chi connectivity index (χ3n) is 3.50. The molecule has 0 radical (unpaired) electrons. The lowest BCUT2D eigenvalue weighted by molar-refractivity contribution is -0.142. The van der Waals surface area contributed by atoms with Crippen LogP contribution in [0.2, 0.25) is 0 Å². The summed E-state index contributed by atoms with van der Waals surface area (Å²) in [6.07, 6.45) is -2.35. The Morgan fingerprint density at radius 1 is 0.900 bits per heavy atom. The van der Waals surface area contributed by atoms with Gasteiger partial charge in [0.05, 0.1) is 19.8 Å². The van der Waals surface area contributed by atoms with Gasteiger partial charge in [-0.25, -0.2) is 9.59 Å². The molecule has 2 N–H and O–H groups in total. The minimum absolute atomic E-state index is 0.00236. The SMILES string of the molecule is O=C(O)N1CCN(C(=O)O)C(C(=O)N2CCOCC2)C1. The van der Waals surface area contributed by atoms with Gasteiger partial charge in [0.1, 0.15) is 6.04 Å². The summed E-state index contributed by atoms with van der Waals surface area (Å²) in [5.74, 6) is -0.360. The van der Waals surface area contributed by atoms with Crippen LogP contribution < -0.4 is 0 Å². The summed E-state index contributed by atoms with van der Waals surface area (Å²) in [7, 11) is 0. The number of carbonyl (C=O) groups excluding carboxylic acids is 1. The molecule has 0 aromatic rings. The smallest absolute Gasteiger partial charge is 0.408 e. The molecule has 0 aliphatic carbocycles. The van der Waals surface area contributed by atoms with Crippen LogP contribution in [0.1, 0.15) is 0 Å². The van der Waals surface area contributed by atoms with Crippen LogP contribution >= 0.6 is 0 Å². The molecule has 0 aromatic carbocycles. The van der Waals surface area contributed by atoms with E-state index in [2.05, 4.69) is 0 Å². The number of carbonyl (C=O) groups is 3. The Labute approximate surface area is 115 Å². The van der Waals surface area contributed by atoms with Crippen LogP contribution in [0.3, 0.4) is 0 Å². The van der Waals surface area contributed by atoms with E-state index in [1.807, 2.05) is 0 Å². The van der Waals surface area contributed by atoms with Gasteiger partial charge >= 0.3 is 12.2 Å². The normalized spacial score (nSPS) is 23.6. The molecule has 2 saturated heterocycles. The molecule has 9 heteroatoms. The molecule has 3 amide bonds. The molecule has 2 rings (SSSR count). The Bertz CT molecular complexity index is 409. The third-order valence-corrected chi connectivity index (χ3v) is 3.50. The largest absolute Gasteiger partial charge is 0.465 e. The Morgan fingerprint density at radius 3 is 2.10 bits per heavy atom. The molecule has 2 heterocycles. The first-order valence-electron chi connectivity index (χ1n) is 6.34. The fraction of sp³-hybridized carbons (Fsp3) is 0.727. The van der Waals surface area contributed by atoms with E-state index in [1.165, 1.54) is 4.90 Å². The number of amides is 3. The molecular formula is C11H17N3O6. The van der Waals surface area contributed by atoms with Gasteiger partial charge in [0.15, 0.2) is 0 Å². The summed E-state index contributed by atoms with van der Waals surface area (Å²) >= 11 is 0. The van der Waals surface area contributed by atoms with Crippen molar-refractivity contribution in [1.29, 1.82) is 0 Å². The Morgan fingerprint density at radius 2 is 1.55 bits per heavy atom. The summed E-state index contributed by atoms with van der Waals surface area (Å²) in [6.45, 7) is 1.57. The monoisotopic (exact) mass is 287 g/mol. The Hall–Kier alpha value is -2.03. The molecule has 1 atom stereocenters. The average molecular weight is 287 g/mol. The second-order valence-corrected chi connectivity index (χ2v) is 4.66. The molecule has 9 nitrogen and oxygen atoms in total. The third kappa shape index (κ3) is 2.93. The standard InChI is InChI=1S/C11H17N3O6/c15-9(12-3-5-20-6-4-12)8-7-13(10(16)17)1-2-14(8)11(18)19/h8H,1-7H2,(H,16,17)(H,18,19).